The van der Waals surface area contributed by atoms with Gasteiger partial charge in [-0.3, -0.25) is 9.67 Å². The molecule has 1 aliphatic heterocycles. The number of rotatable bonds is 10. The van der Waals surface area contributed by atoms with Crippen LogP contribution in [0.4, 0.5) is 0 Å². The highest BCUT2D eigenvalue weighted by Crippen LogP contribution is 2.18. The Morgan fingerprint density at radius 3 is 2.93 bits per heavy atom. The Morgan fingerprint density at radius 1 is 1.50 bits per heavy atom. The average Bonchev–Trinajstić information content (AvgIpc) is 3.26. The fraction of sp³-hybridized carbons (Fsp3) is 0.800. The monoisotopic (exact) mass is 507 g/mol. The molecule has 28 heavy (non-hydrogen) atoms. The largest absolute Gasteiger partial charge is 0.379 e. The summed E-state index contributed by atoms with van der Waals surface area (Å²) >= 11 is 0. The Morgan fingerprint density at radius 2 is 2.29 bits per heavy atom. The molecule has 162 valence electrons. The molecular weight excluding hydrogens is 469 g/mol. The second kappa shape index (κ2) is 13.4. The lowest BCUT2D eigenvalue weighted by atomic mass is 10.1. The van der Waals surface area contributed by atoms with Crippen molar-refractivity contribution in [3.05, 3.63) is 17.5 Å². The van der Waals surface area contributed by atoms with Gasteiger partial charge in [0.2, 0.25) is 0 Å². The smallest absolute Gasteiger partial charge is 0.193 e. The van der Waals surface area contributed by atoms with Gasteiger partial charge in [-0.1, -0.05) is 13.8 Å². The van der Waals surface area contributed by atoms with Crippen LogP contribution in [0.25, 0.3) is 0 Å². The van der Waals surface area contributed by atoms with Gasteiger partial charge in [-0.05, 0) is 32.1 Å². The first-order chi connectivity index (χ1) is 13.0. The summed E-state index contributed by atoms with van der Waals surface area (Å²) in [5.74, 6) is 1.34. The average molecular weight is 507 g/mol. The van der Waals surface area contributed by atoms with E-state index in [-0.39, 0.29) is 24.0 Å². The minimum Gasteiger partial charge on any atom is -0.379 e. The fourth-order valence-electron chi connectivity index (χ4n) is 3.30. The zero-order valence-electron chi connectivity index (χ0n) is 18.1. The normalized spacial score (nSPS) is 17.1. The van der Waals surface area contributed by atoms with Gasteiger partial charge in [0.1, 0.15) is 0 Å². The summed E-state index contributed by atoms with van der Waals surface area (Å²) in [7, 11) is 4.05. The molecule has 1 atom stereocenters. The van der Waals surface area contributed by atoms with Crippen LogP contribution in [0.2, 0.25) is 0 Å². The molecule has 2 rings (SSSR count). The lowest BCUT2D eigenvalue weighted by molar-refractivity contribution is 0.0170. The number of aryl methyl sites for hydroxylation is 1. The quantitative estimate of drug-likeness (QED) is 0.228. The molecule has 8 heteroatoms. The molecule has 1 N–H and O–H groups in total. The van der Waals surface area contributed by atoms with E-state index in [2.05, 4.69) is 49.3 Å². The summed E-state index contributed by atoms with van der Waals surface area (Å²) in [5.41, 5.74) is 2.41. The van der Waals surface area contributed by atoms with E-state index in [0.717, 1.165) is 63.8 Å². The van der Waals surface area contributed by atoms with Gasteiger partial charge in [-0.2, -0.15) is 5.10 Å². The number of hydrogen-bond acceptors (Lipinski definition) is 4. The second-order valence-corrected chi connectivity index (χ2v) is 7.52. The maximum atomic E-state index is 5.72. The third-order valence-corrected chi connectivity index (χ3v) is 4.62. The predicted molar refractivity (Wildman–Crippen MR) is 125 cm³/mol. The minimum absolute atomic E-state index is 0. The molecule has 7 nitrogen and oxygen atoms in total. The molecule has 0 radical (unpaired) electrons. The van der Waals surface area contributed by atoms with E-state index in [1.165, 1.54) is 5.56 Å². The highest BCUT2D eigenvalue weighted by atomic mass is 127. The fourth-order valence-corrected chi connectivity index (χ4v) is 3.30. The topological polar surface area (TPSA) is 63.9 Å². The van der Waals surface area contributed by atoms with E-state index >= 15 is 0 Å². The molecule has 0 bridgehead atoms. The van der Waals surface area contributed by atoms with Crippen molar-refractivity contribution in [2.45, 2.75) is 58.6 Å². The van der Waals surface area contributed by atoms with Crippen LogP contribution in [0.5, 0.6) is 0 Å². The third-order valence-electron chi connectivity index (χ3n) is 4.62. The number of ether oxygens (including phenoxy) is 2. The molecule has 1 aromatic rings. The van der Waals surface area contributed by atoms with Crippen molar-refractivity contribution < 1.29 is 9.47 Å². The molecule has 0 amide bonds. The van der Waals surface area contributed by atoms with Gasteiger partial charge < -0.3 is 19.7 Å². The number of nitrogens with one attached hydrogen (secondary N) is 1. The van der Waals surface area contributed by atoms with Crippen LogP contribution < -0.4 is 5.32 Å². The highest BCUT2D eigenvalue weighted by Gasteiger charge is 2.16. The maximum absolute atomic E-state index is 5.72. The first kappa shape index (κ1) is 25.2. The van der Waals surface area contributed by atoms with Gasteiger partial charge in [0.25, 0.3) is 0 Å². The van der Waals surface area contributed by atoms with Crippen LogP contribution in [0, 0.1) is 0 Å². The van der Waals surface area contributed by atoms with Gasteiger partial charge in [0, 0.05) is 58.7 Å². The molecule has 1 saturated heterocycles. The molecule has 0 aromatic carbocycles. The van der Waals surface area contributed by atoms with Crippen molar-refractivity contribution in [1.82, 2.24) is 20.0 Å². The summed E-state index contributed by atoms with van der Waals surface area (Å²) in [4.78, 5) is 6.92. The summed E-state index contributed by atoms with van der Waals surface area (Å²) in [5, 5.41) is 7.98. The Balaban J connectivity index is 0.00000392. The first-order valence-electron chi connectivity index (χ1n) is 10.2. The SMILES string of the molecule is CCNC(=NCCCOCC1CCCO1)N(C)Cc1cn(C)nc1C(C)C.I. The lowest BCUT2D eigenvalue weighted by Gasteiger charge is -2.22. The summed E-state index contributed by atoms with van der Waals surface area (Å²) < 4.78 is 13.2. The number of nitrogens with zero attached hydrogens (tertiary/aromatic N) is 4. The van der Waals surface area contributed by atoms with Gasteiger partial charge in [-0.25, -0.2) is 0 Å². The van der Waals surface area contributed by atoms with Crippen LogP contribution in [-0.2, 0) is 23.1 Å². The second-order valence-electron chi connectivity index (χ2n) is 7.52. The molecule has 2 heterocycles. The Hall–Kier alpha value is -0.870. The first-order valence-corrected chi connectivity index (χ1v) is 10.2. The summed E-state index contributed by atoms with van der Waals surface area (Å²) in [6, 6.07) is 0. The van der Waals surface area contributed by atoms with Crippen LogP contribution in [-0.4, -0.2) is 66.7 Å². The summed E-state index contributed by atoms with van der Waals surface area (Å²) in [6.07, 6.45) is 5.60. The van der Waals surface area contributed by atoms with Crippen LogP contribution >= 0.6 is 24.0 Å². The molecular formula is C20H38IN5O2. The minimum atomic E-state index is 0. The Labute approximate surface area is 187 Å². The number of halogens is 1. The van der Waals surface area contributed by atoms with E-state index < -0.39 is 0 Å². The molecule has 1 aliphatic rings. The molecule has 0 aliphatic carbocycles. The number of hydrogen-bond donors (Lipinski definition) is 1. The van der Waals surface area contributed by atoms with Crippen LogP contribution in [0.1, 0.15) is 57.2 Å². The third kappa shape index (κ3) is 8.24. The molecule has 1 unspecified atom stereocenters. The molecule has 0 saturated carbocycles. The lowest BCUT2D eigenvalue weighted by Crippen LogP contribution is -2.38. The van der Waals surface area contributed by atoms with Crippen molar-refractivity contribution >= 4 is 29.9 Å². The van der Waals surface area contributed by atoms with E-state index in [1.807, 2.05) is 11.7 Å². The van der Waals surface area contributed by atoms with E-state index in [9.17, 15) is 0 Å². The van der Waals surface area contributed by atoms with E-state index in [1.54, 1.807) is 0 Å². The number of aliphatic imine (C=N–C) groups is 1. The molecule has 1 fully saturated rings. The Bertz CT molecular complexity index is 585. The van der Waals surface area contributed by atoms with Crippen molar-refractivity contribution in [3.8, 4) is 0 Å². The van der Waals surface area contributed by atoms with E-state index in [4.69, 9.17) is 14.5 Å². The standard InChI is InChI=1S/C20H37N5O2.HI/c1-6-21-20(22-10-8-11-26-15-18-9-7-12-27-18)24(4)13-17-14-25(5)23-19(17)16(2)3;/h14,16,18H,6-13,15H2,1-5H3,(H,21,22);1H. The van der Waals surface area contributed by atoms with Crippen molar-refractivity contribution in [3.63, 3.8) is 0 Å². The molecule has 1 aromatic heterocycles. The zero-order valence-corrected chi connectivity index (χ0v) is 20.4. The predicted octanol–water partition coefficient (Wildman–Crippen LogP) is 3.14. The summed E-state index contributed by atoms with van der Waals surface area (Å²) in [6.45, 7) is 11.2. The molecule has 0 spiro atoms. The number of aromatic nitrogens is 2. The number of guanidine groups is 1. The van der Waals surface area contributed by atoms with E-state index in [0.29, 0.717) is 18.6 Å². The van der Waals surface area contributed by atoms with Crippen LogP contribution in [0.15, 0.2) is 11.2 Å². The maximum Gasteiger partial charge on any atom is 0.193 e. The van der Waals surface area contributed by atoms with Crippen LogP contribution in [0.3, 0.4) is 0 Å². The zero-order chi connectivity index (χ0) is 19.6. The van der Waals surface area contributed by atoms with Gasteiger partial charge >= 0.3 is 0 Å². The van der Waals surface area contributed by atoms with Crippen molar-refractivity contribution in [2.24, 2.45) is 12.0 Å². The van der Waals surface area contributed by atoms with Crippen molar-refractivity contribution in [2.75, 3.05) is 40.0 Å². The van der Waals surface area contributed by atoms with Gasteiger partial charge in [-0.15, -0.1) is 24.0 Å². The van der Waals surface area contributed by atoms with Crippen molar-refractivity contribution in [1.29, 1.82) is 0 Å². The van der Waals surface area contributed by atoms with Gasteiger partial charge in [0.05, 0.1) is 18.4 Å². The highest BCUT2D eigenvalue weighted by molar-refractivity contribution is 14.0. The van der Waals surface area contributed by atoms with Gasteiger partial charge in [0.15, 0.2) is 5.96 Å². The Kier molecular flexibility index (Phi) is 12.0.